The van der Waals surface area contributed by atoms with Crippen LogP contribution < -0.4 is 10.6 Å². The van der Waals surface area contributed by atoms with Crippen LogP contribution in [0.5, 0.6) is 0 Å². The third-order valence-corrected chi connectivity index (χ3v) is 5.87. The Bertz CT molecular complexity index is 360. The molecule has 4 nitrogen and oxygen atoms in total. The number of nitrogens with one attached hydrogen (secondary N) is 2. The van der Waals surface area contributed by atoms with E-state index in [-0.39, 0.29) is 5.91 Å². The number of hydrogen-bond donors (Lipinski definition) is 2. The first-order valence-electron chi connectivity index (χ1n) is 8.34. The van der Waals surface area contributed by atoms with Crippen LogP contribution in [0, 0.1) is 17.8 Å². The van der Waals surface area contributed by atoms with Gasteiger partial charge in [-0.1, -0.05) is 6.42 Å². The number of hydrogen-bond acceptors (Lipinski definition) is 3. The van der Waals surface area contributed by atoms with E-state index in [2.05, 4.69) is 22.5 Å². The molecule has 0 aromatic rings. The van der Waals surface area contributed by atoms with Crippen LogP contribution in [0.4, 0.5) is 0 Å². The topological polar surface area (TPSA) is 44.4 Å². The highest BCUT2D eigenvalue weighted by atomic mass is 16.2. The van der Waals surface area contributed by atoms with Gasteiger partial charge < -0.3 is 10.6 Å². The Morgan fingerprint density at radius 1 is 1.30 bits per heavy atom. The Morgan fingerprint density at radius 3 is 2.75 bits per heavy atom. The summed E-state index contributed by atoms with van der Waals surface area (Å²) in [5, 5.41) is 6.56. The van der Waals surface area contributed by atoms with Crippen LogP contribution in [-0.2, 0) is 4.79 Å². The number of rotatable bonds is 5. The smallest absolute Gasteiger partial charge is 0.234 e. The highest BCUT2D eigenvalue weighted by Crippen LogP contribution is 2.49. The van der Waals surface area contributed by atoms with Crippen molar-refractivity contribution >= 4 is 5.91 Å². The first kappa shape index (κ1) is 14.3. The summed E-state index contributed by atoms with van der Waals surface area (Å²) in [7, 11) is 2.01. The molecule has 1 saturated heterocycles. The molecular weight excluding hydrogens is 250 g/mol. The summed E-state index contributed by atoms with van der Waals surface area (Å²) in [6.45, 7) is 4.83. The molecule has 20 heavy (non-hydrogen) atoms. The van der Waals surface area contributed by atoms with Crippen molar-refractivity contribution in [2.45, 2.75) is 51.1 Å². The molecule has 2 N–H and O–H groups in total. The van der Waals surface area contributed by atoms with Gasteiger partial charge in [-0.05, 0) is 57.4 Å². The van der Waals surface area contributed by atoms with Crippen molar-refractivity contribution < 1.29 is 4.79 Å². The molecule has 0 aromatic heterocycles. The first-order chi connectivity index (χ1) is 9.65. The Morgan fingerprint density at radius 2 is 2.15 bits per heavy atom. The van der Waals surface area contributed by atoms with Crippen molar-refractivity contribution in [1.29, 1.82) is 0 Å². The molecule has 1 amide bonds. The van der Waals surface area contributed by atoms with Crippen LogP contribution in [-0.4, -0.2) is 49.6 Å². The van der Waals surface area contributed by atoms with E-state index in [0.717, 1.165) is 37.3 Å². The highest BCUT2D eigenvalue weighted by Gasteiger charge is 2.42. The first-order valence-corrected chi connectivity index (χ1v) is 8.34. The number of nitrogens with zero attached hydrogens (tertiary/aromatic N) is 1. The Hall–Kier alpha value is -0.610. The summed E-state index contributed by atoms with van der Waals surface area (Å²) in [4.78, 5) is 14.5. The van der Waals surface area contributed by atoms with Crippen molar-refractivity contribution in [2.75, 3.05) is 26.7 Å². The van der Waals surface area contributed by atoms with E-state index in [0.29, 0.717) is 18.6 Å². The molecule has 4 heteroatoms. The predicted octanol–water partition coefficient (Wildman–Crippen LogP) is 1.22. The van der Waals surface area contributed by atoms with E-state index in [1.165, 1.54) is 25.7 Å². The van der Waals surface area contributed by atoms with Crippen LogP contribution in [0.3, 0.4) is 0 Å². The maximum atomic E-state index is 12.2. The summed E-state index contributed by atoms with van der Waals surface area (Å²) in [5.74, 6) is 2.80. The molecule has 3 fully saturated rings. The third-order valence-electron chi connectivity index (χ3n) is 5.87. The molecule has 1 aliphatic heterocycles. The van der Waals surface area contributed by atoms with Gasteiger partial charge >= 0.3 is 0 Å². The predicted molar refractivity (Wildman–Crippen MR) is 80.4 cm³/mol. The van der Waals surface area contributed by atoms with Crippen molar-refractivity contribution in [1.82, 2.24) is 15.5 Å². The van der Waals surface area contributed by atoms with Gasteiger partial charge in [0.25, 0.3) is 0 Å². The van der Waals surface area contributed by atoms with E-state index in [9.17, 15) is 4.79 Å². The number of amides is 1. The second-order valence-corrected chi connectivity index (χ2v) is 7.20. The Labute approximate surface area is 122 Å². The monoisotopic (exact) mass is 279 g/mol. The standard InChI is InChI=1S/C16H29N3O/c1-11(15-8-12-3-4-13(15)7-12)18-16(20)10-19-6-5-14(9-19)17-2/h11-15,17H,3-10H2,1-2H3,(H,18,20). The average molecular weight is 279 g/mol. The molecule has 1 heterocycles. The van der Waals surface area contributed by atoms with Crippen molar-refractivity contribution in [3.8, 4) is 0 Å². The number of likely N-dealkylation sites (N-methyl/N-ethyl adjacent to an activating group) is 1. The summed E-state index contributed by atoms with van der Waals surface area (Å²) in [6.07, 6.45) is 6.75. The van der Waals surface area contributed by atoms with Gasteiger partial charge in [-0.15, -0.1) is 0 Å². The Balaban J connectivity index is 1.42. The number of likely N-dealkylation sites (tertiary alicyclic amines) is 1. The normalized spacial score (nSPS) is 38.3. The zero-order valence-corrected chi connectivity index (χ0v) is 12.9. The maximum absolute atomic E-state index is 12.2. The molecule has 3 aliphatic rings. The summed E-state index contributed by atoms with van der Waals surface area (Å²) >= 11 is 0. The summed E-state index contributed by atoms with van der Waals surface area (Å²) in [5.41, 5.74) is 0. The van der Waals surface area contributed by atoms with Gasteiger partial charge in [-0.3, -0.25) is 9.69 Å². The quantitative estimate of drug-likeness (QED) is 0.795. The van der Waals surface area contributed by atoms with E-state index in [4.69, 9.17) is 0 Å². The van der Waals surface area contributed by atoms with Gasteiger partial charge in [0.1, 0.15) is 0 Å². The lowest BCUT2D eigenvalue weighted by atomic mass is 9.84. The SMILES string of the molecule is CNC1CCN(CC(=O)NC(C)C2CC3CCC2C3)C1. The lowest BCUT2D eigenvalue weighted by Crippen LogP contribution is -2.45. The van der Waals surface area contributed by atoms with Crippen molar-refractivity contribution in [2.24, 2.45) is 17.8 Å². The molecular formula is C16H29N3O. The lowest BCUT2D eigenvalue weighted by molar-refractivity contribution is -0.123. The van der Waals surface area contributed by atoms with Crippen LogP contribution in [0.2, 0.25) is 0 Å². The fraction of sp³-hybridized carbons (Fsp3) is 0.938. The molecule has 0 radical (unpaired) electrons. The number of carbonyl (C=O) groups is 1. The van der Waals surface area contributed by atoms with Gasteiger partial charge in [-0.2, -0.15) is 0 Å². The van der Waals surface area contributed by atoms with E-state index >= 15 is 0 Å². The summed E-state index contributed by atoms with van der Waals surface area (Å²) in [6, 6.07) is 0.922. The highest BCUT2D eigenvalue weighted by molar-refractivity contribution is 5.78. The number of carbonyl (C=O) groups excluding carboxylic acids is 1. The van der Waals surface area contributed by atoms with Crippen LogP contribution in [0.25, 0.3) is 0 Å². The van der Waals surface area contributed by atoms with Crippen molar-refractivity contribution in [3.05, 3.63) is 0 Å². The van der Waals surface area contributed by atoms with E-state index in [1.54, 1.807) is 0 Å². The molecule has 2 bridgehead atoms. The zero-order chi connectivity index (χ0) is 14.1. The Kier molecular flexibility index (Phi) is 4.32. The summed E-state index contributed by atoms with van der Waals surface area (Å²) < 4.78 is 0. The zero-order valence-electron chi connectivity index (χ0n) is 12.9. The molecule has 0 spiro atoms. The molecule has 3 rings (SSSR count). The van der Waals surface area contributed by atoms with E-state index < -0.39 is 0 Å². The second-order valence-electron chi connectivity index (χ2n) is 7.20. The molecule has 2 aliphatic carbocycles. The maximum Gasteiger partial charge on any atom is 0.234 e. The molecule has 0 aromatic carbocycles. The van der Waals surface area contributed by atoms with E-state index in [1.807, 2.05) is 7.05 Å². The van der Waals surface area contributed by atoms with Gasteiger partial charge in [-0.25, -0.2) is 0 Å². The second kappa shape index (κ2) is 6.02. The van der Waals surface area contributed by atoms with Crippen LogP contribution in [0.15, 0.2) is 0 Å². The number of fused-ring (bicyclic) bond motifs is 2. The van der Waals surface area contributed by atoms with Gasteiger partial charge in [0.15, 0.2) is 0 Å². The van der Waals surface area contributed by atoms with Gasteiger partial charge in [0.05, 0.1) is 6.54 Å². The average Bonchev–Trinajstić information content (AvgIpc) is 3.13. The van der Waals surface area contributed by atoms with Crippen LogP contribution in [0.1, 0.15) is 39.0 Å². The third kappa shape index (κ3) is 3.01. The molecule has 2 saturated carbocycles. The van der Waals surface area contributed by atoms with Gasteiger partial charge in [0.2, 0.25) is 5.91 Å². The minimum atomic E-state index is 0.219. The lowest BCUT2D eigenvalue weighted by Gasteiger charge is -2.29. The molecule has 114 valence electrons. The van der Waals surface area contributed by atoms with Gasteiger partial charge in [0, 0.05) is 25.2 Å². The fourth-order valence-corrected chi connectivity index (χ4v) is 4.73. The molecule has 5 unspecified atom stereocenters. The van der Waals surface area contributed by atoms with Crippen molar-refractivity contribution in [3.63, 3.8) is 0 Å². The minimum absolute atomic E-state index is 0.219. The largest absolute Gasteiger partial charge is 0.352 e. The molecule has 5 atom stereocenters. The fourth-order valence-electron chi connectivity index (χ4n) is 4.73. The van der Waals surface area contributed by atoms with Crippen LogP contribution >= 0.6 is 0 Å². The minimum Gasteiger partial charge on any atom is -0.352 e.